The van der Waals surface area contributed by atoms with Gasteiger partial charge in [0.15, 0.2) is 6.29 Å². The predicted molar refractivity (Wildman–Crippen MR) is 109 cm³/mol. The highest BCUT2D eigenvalue weighted by atomic mass is 16.6. The van der Waals surface area contributed by atoms with Gasteiger partial charge in [0.1, 0.15) is 6.10 Å². The SMILES string of the molecule is C[C@H]1OC(O)C[C@@H](OCc2ccc3ccccc3c2)[C@@H]1OCc1ccccc1. The zero-order valence-corrected chi connectivity index (χ0v) is 16.0. The van der Waals surface area contributed by atoms with Crippen LogP contribution < -0.4 is 0 Å². The summed E-state index contributed by atoms with van der Waals surface area (Å²) in [6.07, 6.45) is -1.13. The average molecular weight is 378 g/mol. The second-order valence-electron chi connectivity index (χ2n) is 7.32. The monoisotopic (exact) mass is 378 g/mol. The standard InChI is InChI=1S/C24H26O4/c1-17-24(27-15-18-7-3-2-4-8-18)22(14-23(25)28-17)26-16-19-11-12-20-9-5-6-10-21(20)13-19/h2-13,17,22-25H,14-16H2,1H3/t17-,22-,23?,24-/m1/s1. The summed E-state index contributed by atoms with van der Waals surface area (Å²) >= 11 is 0. The van der Waals surface area contributed by atoms with Gasteiger partial charge in [-0.25, -0.2) is 0 Å². The number of ether oxygens (including phenoxy) is 3. The van der Waals surface area contributed by atoms with Crippen molar-refractivity contribution in [3.05, 3.63) is 83.9 Å². The van der Waals surface area contributed by atoms with E-state index in [9.17, 15) is 5.11 Å². The van der Waals surface area contributed by atoms with E-state index in [1.165, 1.54) is 10.8 Å². The van der Waals surface area contributed by atoms with E-state index in [1.54, 1.807) is 0 Å². The number of aliphatic hydroxyl groups excluding tert-OH is 1. The number of aliphatic hydroxyl groups is 1. The Labute approximate surface area is 165 Å². The van der Waals surface area contributed by atoms with E-state index >= 15 is 0 Å². The predicted octanol–water partition coefficient (Wildman–Crippen LogP) is 4.44. The minimum Gasteiger partial charge on any atom is -0.371 e. The van der Waals surface area contributed by atoms with E-state index < -0.39 is 6.29 Å². The normalized spacial score (nSPS) is 25.1. The number of hydrogen-bond donors (Lipinski definition) is 1. The van der Waals surface area contributed by atoms with Crippen molar-refractivity contribution in [2.24, 2.45) is 0 Å². The first-order valence-electron chi connectivity index (χ1n) is 9.77. The molecule has 146 valence electrons. The van der Waals surface area contributed by atoms with Crippen LogP contribution in [0.15, 0.2) is 72.8 Å². The lowest BCUT2D eigenvalue weighted by molar-refractivity contribution is -0.251. The van der Waals surface area contributed by atoms with Gasteiger partial charge in [-0.05, 0) is 34.9 Å². The van der Waals surface area contributed by atoms with Gasteiger partial charge >= 0.3 is 0 Å². The van der Waals surface area contributed by atoms with Crippen LogP contribution >= 0.6 is 0 Å². The highest BCUT2D eigenvalue weighted by Crippen LogP contribution is 2.26. The molecule has 1 heterocycles. The molecule has 0 aliphatic carbocycles. The van der Waals surface area contributed by atoms with Crippen molar-refractivity contribution in [1.29, 1.82) is 0 Å². The largest absolute Gasteiger partial charge is 0.371 e. The van der Waals surface area contributed by atoms with Crippen LogP contribution in [0.4, 0.5) is 0 Å². The Balaban J connectivity index is 1.43. The lowest BCUT2D eigenvalue weighted by Gasteiger charge is -2.38. The molecule has 4 rings (SSSR count). The molecule has 1 aliphatic rings. The maximum Gasteiger partial charge on any atom is 0.157 e. The van der Waals surface area contributed by atoms with Crippen molar-refractivity contribution in [3.8, 4) is 0 Å². The van der Waals surface area contributed by atoms with Crippen LogP contribution in [0.25, 0.3) is 10.8 Å². The first kappa shape index (κ1) is 19.1. The van der Waals surface area contributed by atoms with Gasteiger partial charge in [-0.2, -0.15) is 0 Å². The fourth-order valence-corrected chi connectivity index (χ4v) is 3.72. The third-order valence-electron chi connectivity index (χ3n) is 5.20. The molecule has 0 spiro atoms. The van der Waals surface area contributed by atoms with Crippen molar-refractivity contribution in [2.45, 2.75) is 51.2 Å². The molecule has 0 radical (unpaired) electrons. The first-order valence-corrected chi connectivity index (χ1v) is 9.77. The molecule has 0 saturated carbocycles. The van der Waals surface area contributed by atoms with Gasteiger partial charge < -0.3 is 19.3 Å². The van der Waals surface area contributed by atoms with E-state index in [0.717, 1.165) is 11.1 Å². The van der Waals surface area contributed by atoms with Crippen LogP contribution in [-0.4, -0.2) is 29.7 Å². The van der Waals surface area contributed by atoms with Crippen molar-refractivity contribution in [2.75, 3.05) is 0 Å². The molecule has 4 atom stereocenters. The minimum atomic E-state index is -0.826. The topological polar surface area (TPSA) is 47.9 Å². The van der Waals surface area contributed by atoms with Gasteiger partial charge in [0.05, 0.1) is 25.4 Å². The van der Waals surface area contributed by atoms with E-state index in [4.69, 9.17) is 14.2 Å². The fraction of sp³-hybridized carbons (Fsp3) is 0.333. The van der Waals surface area contributed by atoms with Gasteiger partial charge in [0.25, 0.3) is 0 Å². The summed E-state index contributed by atoms with van der Waals surface area (Å²) < 4.78 is 17.9. The Hall–Kier alpha value is -2.24. The van der Waals surface area contributed by atoms with Gasteiger partial charge in [-0.3, -0.25) is 0 Å². The Morgan fingerprint density at radius 2 is 1.57 bits per heavy atom. The molecule has 3 aromatic carbocycles. The molecular formula is C24H26O4. The van der Waals surface area contributed by atoms with Crippen LogP contribution in [0.5, 0.6) is 0 Å². The first-order chi connectivity index (χ1) is 13.7. The molecule has 1 aliphatic heterocycles. The number of benzene rings is 3. The van der Waals surface area contributed by atoms with Gasteiger partial charge in [0, 0.05) is 6.42 Å². The summed E-state index contributed by atoms with van der Waals surface area (Å²) in [6, 6.07) is 24.7. The lowest BCUT2D eigenvalue weighted by Crippen LogP contribution is -2.49. The van der Waals surface area contributed by atoms with E-state index in [2.05, 4.69) is 30.3 Å². The third kappa shape index (κ3) is 4.59. The Kier molecular flexibility index (Phi) is 6.03. The quantitative estimate of drug-likeness (QED) is 0.689. The van der Waals surface area contributed by atoms with Crippen molar-refractivity contribution < 1.29 is 19.3 Å². The maximum absolute atomic E-state index is 10.0. The lowest BCUT2D eigenvalue weighted by atomic mass is 10.0. The summed E-state index contributed by atoms with van der Waals surface area (Å²) in [5.41, 5.74) is 2.21. The van der Waals surface area contributed by atoms with Crippen LogP contribution in [-0.2, 0) is 27.4 Å². The molecule has 0 amide bonds. The third-order valence-corrected chi connectivity index (χ3v) is 5.20. The maximum atomic E-state index is 10.0. The molecule has 1 N–H and O–H groups in total. The van der Waals surface area contributed by atoms with Crippen LogP contribution in [0, 0.1) is 0 Å². The number of fused-ring (bicyclic) bond motifs is 1. The van der Waals surface area contributed by atoms with Gasteiger partial charge in [-0.1, -0.05) is 66.7 Å². The van der Waals surface area contributed by atoms with E-state index in [1.807, 2.05) is 49.4 Å². The minimum absolute atomic E-state index is 0.228. The second-order valence-corrected chi connectivity index (χ2v) is 7.32. The van der Waals surface area contributed by atoms with Crippen LogP contribution in [0.3, 0.4) is 0 Å². The molecular weight excluding hydrogens is 352 g/mol. The highest BCUT2D eigenvalue weighted by molar-refractivity contribution is 5.82. The van der Waals surface area contributed by atoms with Crippen molar-refractivity contribution >= 4 is 10.8 Å². The Morgan fingerprint density at radius 3 is 2.39 bits per heavy atom. The van der Waals surface area contributed by atoms with Crippen LogP contribution in [0.1, 0.15) is 24.5 Å². The van der Waals surface area contributed by atoms with Crippen LogP contribution in [0.2, 0.25) is 0 Å². The molecule has 4 nitrogen and oxygen atoms in total. The number of hydrogen-bond acceptors (Lipinski definition) is 4. The Morgan fingerprint density at radius 1 is 0.857 bits per heavy atom. The van der Waals surface area contributed by atoms with Crippen molar-refractivity contribution in [3.63, 3.8) is 0 Å². The summed E-state index contributed by atoms with van der Waals surface area (Å²) in [6.45, 7) is 2.88. The molecule has 1 unspecified atom stereocenters. The fourth-order valence-electron chi connectivity index (χ4n) is 3.72. The molecule has 3 aromatic rings. The smallest absolute Gasteiger partial charge is 0.157 e. The second kappa shape index (κ2) is 8.84. The van der Waals surface area contributed by atoms with E-state index in [0.29, 0.717) is 19.6 Å². The summed E-state index contributed by atoms with van der Waals surface area (Å²) in [5.74, 6) is 0. The van der Waals surface area contributed by atoms with Gasteiger partial charge in [-0.15, -0.1) is 0 Å². The summed E-state index contributed by atoms with van der Waals surface area (Å²) in [7, 11) is 0. The highest BCUT2D eigenvalue weighted by Gasteiger charge is 2.37. The Bertz CT molecular complexity index is 895. The van der Waals surface area contributed by atoms with E-state index in [-0.39, 0.29) is 18.3 Å². The molecule has 4 heteroatoms. The number of rotatable bonds is 6. The molecule has 1 fully saturated rings. The zero-order valence-electron chi connectivity index (χ0n) is 16.0. The molecule has 28 heavy (non-hydrogen) atoms. The summed E-state index contributed by atoms with van der Waals surface area (Å²) in [5, 5.41) is 12.4. The van der Waals surface area contributed by atoms with Gasteiger partial charge in [0.2, 0.25) is 0 Å². The molecule has 0 aromatic heterocycles. The molecule has 0 bridgehead atoms. The average Bonchev–Trinajstić information content (AvgIpc) is 2.72. The summed E-state index contributed by atoms with van der Waals surface area (Å²) in [4.78, 5) is 0. The zero-order chi connectivity index (χ0) is 19.3. The molecule has 1 saturated heterocycles. The van der Waals surface area contributed by atoms with Crippen molar-refractivity contribution in [1.82, 2.24) is 0 Å².